The molecule has 1 amide bonds. The first-order valence-corrected chi connectivity index (χ1v) is 4.76. The molecule has 4 nitrogen and oxygen atoms in total. The van der Waals surface area contributed by atoms with Crippen LogP contribution >= 0.6 is 0 Å². The van der Waals surface area contributed by atoms with Crippen LogP contribution in [0.3, 0.4) is 0 Å². The number of nitrogens with two attached hydrogens (primary N) is 1. The fraction of sp³-hybridized carbons (Fsp3) is 0.889. The number of aliphatic hydroxyl groups is 1. The number of carbonyl (C=O) groups excluding carboxylic acids is 1. The Morgan fingerprint density at radius 1 is 1.62 bits per heavy atom. The molecule has 4 N–H and O–H groups in total. The average Bonchev–Trinajstić information content (AvgIpc) is 2.13. The molecule has 0 fully saturated rings. The number of aliphatic hydroxyl groups excluding tert-OH is 1. The minimum atomic E-state index is -0.402. The molecular weight excluding hydrogens is 168 g/mol. The van der Waals surface area contributed by atoms with Gasteiger partial charge in [-0.15, -0.1) is 0 Å². The highest BCUT2D eigenvalue weighted by molar-refractivity contribution is 5.81. The molecule has 0 saturated heterocycles. The van der Waals surface area contributed by atoms with E-state index in [1.165, 1.54) is 0 Å². The van der Waals surface area contributed by atoms with E-state index in [1.807, 2.05) is 13.8 Å². The van der Waals surface area contributed by atoms with Gasteiger partial charge in [0.25, 0.3) is 0 Å². The molecule has 0 aliphatic rings. The quantitative estimate of drug-likeness (QED) is 0.543. The van der Waals surface area contributed by atoms with E-state index in [0.717, 1.165) is 0 Å². The third-order valence-electron chi connectivity index (χ3n) is 2.02. The third kappa shape index (κ3) is 5.60. The number of nitrogens with one attached hydrogen (secondary N) is 1. The van der Waals surface area contributed by atoms with Gasteiger partial charge in [0, 0.05) is 13.2 Å². The van der Waals surface area contributed by atoms with Crippen LogP contribution in [0.25, 0.3) is 0 Å². The van der Waals surface area contributed by atoms with Gasteiger partial charge in [0.15, 0.2) is 0 Å². The summed E-state index contributed by atoms with van der Waals surface area (Å²) in [6, 6.07) is -0.402. The normalized spacial score (nSPS) is 15.1. The van der Waals surface area contributed by atoms with Gasteiger partial charge in [-0.25, -0.2) is 0 Å². The second-order valence-corrected chi connectivity index (χ2v) is 3.38. The standard InChI is InChI=1S/C9H20N2O2/c1-3-8(10)9(13)11-6-7(2)4-5-12/h7-8,12H,3-6,10H2,1-2H3,(H,11,13)/t7?,8-/m1/s1. The van der Waals surface area contributed by atoms with Gasteiger partial charge in [-0.05, 0) is 18.8 Å². The Bertz CT molecular complexity index is 151. The monoisotopic (exact) mass is 188 g/mol. The minimum absolute atomic E-state index is 0.104. The van der Waals surface area contributed by atoms with Crippen molar-refractivity contribution in [2.75, 3.05) is 13.2 Å². The van der Waals surface area contributed by atoms with Crippen molar-refractivity contribution in [2.24, 2.45) is 11.7 Å². The Balaban J connectivity index is 3.57. The van der Waals surface area contributed by atoms with E-state index in [0.29, 0.717) is 25.3 Å². The molecule has 0 radical (unpaired) electrons. The van der Waals surface area contributed by atoms with Crippen LogP contribution in [-0.2, 0) is 4.79 Å². The van der Waals surface area contributed by atoms with Crippen molar-refractivity contribution in [3.05, 3.63) is 0 Å². The highest BCUT2D eigenvalue weighted by Gasteiger charge is 2.11. The van der Waals surface area contributed by atoms with E-state index in [9.17, 15) is 4.79 Å². The second-order valence-electron chi connectivity index (χ2n) is 3.38. The average molecular weight is 188 g/mol. The molecule has 13 heavy (non-hydrogen) atoms. The zero-order chi connectivity index (χ0) is 10.3. The molecule has 0 rings (SSSR count). The number of amides is 1. The second kappa shape index (κ2) is 6.86. The maximum absolute atomic E-state index is 11.2. The van der Waals surface area contributed by atoms with Crippen LogP contribution < -0.4 is 11.1 Å². The minimum Gasteiger partial charge on any atom is -0.396 e. The summed E-state index contributed by atoms with van der Waals surface area (Å²) in [7, 11) is 0. The van der Waals surface area contributed by atoms with Crippen molar-refractivity contribution >= 4 is 5.91 Å². The van der Waals surface area contributed by atoms with Gasteiger partial charge in [0.2, 0.25) is 5.91 Å². The van der Waals surface area contributed by atoms with Crippen LogP contribution in [0.15, 0.2) is 0 Å². The molecule has 78 valence electrons. The topological polar surface area (TPSA) is 75.4 Å². The number of hydrogen-bond donors (Lipinski definition) is 3. The van der Waals surface area contributed by atoms with Gasteiger partial charge in [0.1, 0.15) is 0 Å². The van der Waals surface area contributed by atoms with Crippen LogP contribution in [0, 0.1) is 5.92 Å². The Kier molecular flexibility index (Phi) is 6.54. The lowest BCUT2D eigenvalue weighted by atomic mass is 10.1. The summed E-state index contributed by atoms with van der Waals surface area (Å²) in [5.41, 5.74) is 5.52. The molecule has 0 aromatic carbocycles. The Hall–Kier alpha value is -0.610. The number of hydrogen-bond acceptors (Lipinski definition) is 3. The highest BCUT2D eigenvalue weighted by atomic mass is 16.3. The van der Waals surface area contributed by atoms with Crippen LogP contribution in [0.5, 0.6) is 0 Å². The number of carbonyl (C=O) groups is 1. The van der Waals surface area contributed by atoms with Crippen LogP contribution in [0.4, 0.5) is 0 Å². The molecule has 0 bridgehead atoms. The summed E-state index contributed by atoms with van der Waals surface area (Å²) in [5.74, 6) is 0.199. The predicted octanol–water partition coefficient (Wildman–Crippen LogP) is -0.142. The molecule has 0 aliphatic heterocycles. The summed E-state index contributed by atoms with van der Waals surface area (Å²) >= 11 is 0. The molecule has 0 heterocycles. The van der Waals surface area contributed by atoms with Gasteiger partial charge < -0.3 is 16.2 Å². The van der Waals surface area contributed by atoms with Gasteiger partial charge in [-0.1, -0.05) is 13.8 Å². The van der Waals surface area contributed by atoms with Crippen molar-refractivity contribution in [1.82, 2.24) is 5.32 Å². The molecule has 0 spiro atoms. The number of rotatable bonds is 6. The van der Waals surface area contributed by atoms with Gasteiger partial charge in [-0.2, -0.15) is 0 Å². The van der Waals surface area contributed by atoms with Crippen molar-refractivity contribution in [1.29, 1.82) is 0 Å². The molecule has 0 aromatic rings. The molecule has 1 unspecified atom stereocenters. The summed E-state index contributed by atoms with van der Waals surface area (Å²) < 4.78 is 0. The Morgan fingerprint density at radius 2 is 2.23 bits per heavy atom. The molecule has 0 saturated carbocycles. The Labute approximate surface area is 79.5 Å². The molecular formula is C9H20N2O2. The lowest BCUT2D eigenvalue weighted by Crippen LogP contribution is -2.41. The van der Waals surface area contributed by atoms with Crippen molar-refractivity contribution < 1.29 is 9.90 Å². The molecule has 0 aliphatic carbocycles. The largest absolute Gasteiger partial charge is 0.396 e. The first-order chi connectivity index (χ1) is 6.11. The lowest BCUT2D eigenvalue weighted by Gasteiger charge is -2.13. The van der Waals surface area contributed by atoms with Crippen LogP contribution in [0.1, 0.15) is 26.7 Å². The van der Waals surface area contributed by atoms with E-state index in [-0.39, 0.29) is 12.5 Å². The van der Waals surface area contributed by atoms with Crippen LogP contribution in [0.2, 0.25) is 0 Å². The molecule has 2 atom stereocenters. The molecule has 4 heteroatoms. The first kappa shape index (κ1) is 12.4. The Morgan fingerprint density at radius 3 is 2.69 bits per heavy atom. The smallest absolute Gasteiger partial charge is 0.236 e. The van der Waals surface area contributed by atoms with Gasteiger partial charge >= 0.3 is 0 Å². The predicted molar refractivity (Wildman–Crippen MR) is 52.1 cm³/mol. The fourth-order valence-corrected chi connectivity index (χ4v) is 0.914. The first-order valence-electron chi connectivity index (χ1n) is 4.76. The zero-order valence-electron chi connectivity index (χ0n) is 8.42. The molecule has 0 aromatic heterocycles. The van der Waals surface area contributed by atoms with Gasteiger partial charge in [0.05, 0.1) is 6.04 Å². The fourth-order valence-electron chi connectivity index (χ4n) is 0.914. The summed E-state index contributed by atoms with van der Waals surface area (Å²) in [5, 5.41) is 11.4. The van der Waals surface area contributed by atoms with E-state index in [2.05, 4.69) is 5.32 Å². The highest BCUT2D eigenvalue weighted by Crippen LogP contribution is 1.98. The van der Waals surface area contributed by atoms with E-state index < -0.39 is 6.04 Å². The van der Waals surface area contributed by atoms with Crippen molar-refractivity contribution in [2.45, 2.75) is 32.7 Å². The summed E-state index contributed by atoms with van der Waals surface area (Å²) in [4.78, 5) is 11.2. The summed E-state index contributed by atoms with van der Waals surface area (Å²) in [6.07, 6.45) is 1.36. The summed E-state index contributed by atoms with van der Waals surface area (Å²) in [6.45, 7) is 4.61. The van der Waals surface area contributed by atoms with Gasteiger partial charge in [-0.3, -0.25) is 4.79 Å². The van der Waals surface area contributed by atoms with Crippen molar-refractivity contribution in [3.8, 4) is 0 Å². The van der Waals surface area contributed by atoms with E-state index in [1.54, 1.807) is 0 Å². The van der Waals surface area contributed by atoms with Crippen molar-refractivity contribution in [3.63, 3.8) is 0 Å². The SMILES string of the molecule is CC[C@@H](N)C(=O)NCC(C)CCO. The lowest BCUT2D eigenvalue weighted by molar-refractivity contribution is -0.122. The van der Waals surface area contributed by atoms with E-state index >= 15 is 0 Å². The third-order valence-corrected chi connectivity index (χ3v) is 2.02. The maximum atomic E-state index is 11.2. The maximum Gasteiger partial charge on any atom is 0.236 e. The van der Waals surface area contributed by atoms with E-state index in [4.69, 9.17) is 10.8 Å². The van der Waals surface area contributed by atoms with Crippen LogP contribution in [-0.4, -0.2) is 30.2 Å². The zero-order valence-corrected chi connectivity index (χ0v) is 8.42.